The maximum absolute atomic E-state index is 12.7. The zero-order valence-electron chi connectivity index (χ0n) is 17.1. The molecule has 2 aromatic carbocycles. The smallest absolute Gasteiger partial charge is 0.295 e. The highest BCUT2D eigenvalue weighted by molar-refractivity contribution is 8.18. The molecule has 0 radical (unpaired) electrons. The van der Waals surface area contributed by atoms with Crippen molar-refractivity contribution in [1.82, 2.24) is 4.90 Å². The van der Waals surface area contributed by atoms with Gasteiger partial charge in [-0.25, -0.2) is 0 Å². The number of carbonyl (C=O) groups excluding carboxylic acids is 2. The maximum atomic E-state index is 12.7. The number of hydrogen-bond acceptors (Lipinski definition) is 5. The Bertz CT molecular complexity index is 887. The van der Waals surface area contributed by atoms with Gasteiger partial charge in [-0.2, -0.15) is 0 Å². The monoisotopic (exact) mass is 409 g/mol. The molecule has 5 nitrogen and oxygen atoms in total. The van der Waals surface area contributed by atoms with Gasteiger partial charge in [0.1, 0.15) is 0 Å². The summed E-state index contributed by atoms with van der Waals surface area (Å²) < 4.78 is 0. The van der Waals surface area contributed by atoms with Crippen LogP contribution in [0, 0.1) is 0 Å². The highest BCUT2D eigenvalue weighted by Crippen LogP contribution is 2.32. The van der Waals surface area contributed by atoms with Crippen LogP contribution in [0.3, 0.4) is 0 Å². The quantitative estimate of drug-likeness (QED) is 0.607. The third-order valence-electron chi connectivity index (χ3n) is 5.00. The van der Waals surface area contributed by atoms with Crippen molar-refractivity contribution in [3.8, 4) is 0 Å². The average molecular weight is 410 g/mol. The second-order valence-electron chi connectivity index (χ2n) is 6.76. The zero-order valence-corrected chi connectivity index (χ0v) is 18.0. The Morgan fingerprint density at radius 1 is 0.966 bits per heavy atom. The molecule has 1 fully saturated rings. The molecule has 1 N–H and O–H groups in total. The normalized spacial score (nSPS) is 15.3. The van der Waals surface area contributed by atoms with Crippen LogP contribution in [-0.4, -0.2) is 35.8 Å². The summed E-state index contributed by atoms with van der Waals surface area (Å²) in [5, 5.41) is 2.90. The summed E-state index contributed by atoms with van der Waals surface area (Å²) in [6.07, 6.45) is 2.76. The summed E-state index contributed by atoms with van der Waals surface area (Å²) in [6, 6.07) is 16.1. The van der Waals surface area contributed by atoms with Gasteiger partial charge in [-0.3, -0.25) is 14.5 Å². The summed E-state index contributed by atoms with van der Waals surface area (Å²) in [7, 11) is 0. The zero-order chi connectivity index (χ0) is 20.8. The summed E-state index contributed by atoms with van der Waals surface area (Å²) in [4.78, 5) is 28.9. The lowest BCUT2D eigenvalue weighted by Crippen LogP contribution is -2.33. The molecule has 0 aliphatic carbocycles. The van der Waals surface area contributed by atoms with E-state index in [4.69, 9.17) is 0 Å². The molecule has 2 aromatic rings. The fraction of sp³-hybridized carbons (Fsp3) is 0.304. The first-order valence-corrected chi connectivity index (χ1v) is 10.8. The number of imide groups is 1. The van der Waals surface area contributed by atoms with Crippen molar-refractivity contribution in [2.45, 2.75) is 27.2 Å². The number of amides is 2. The molecule has 0 unspecified atom stereocenters. The molecular formula is C23H27N3O2S. The van der Waals surface area contributed by atoms with E-state index in [1.807, 2.05) is 48.5 Å². The van der Waals surface area contributed by atoms with Crippen molar-refractivity contribution in [2.75, 3.05) is 30.0 Å². The molecule has 1 heterocycles. The van der Waals surface area contributed by atoms with Crippen LogP contribution in [0.2, 0.25) is 0 Å². The van der Waals surface area contributed by atoms with Crippen molar-refractivity contribution in [2.24, 2.45) is 0 Å². The first-order chi connectivity index (χ1) is 14.0. The Labute approximate surface area is 176 Å². The third-order valence-corrected chi connectivity index (χ3v) is 5.90. The maximum Gasteiger partial charge on any atom is 0.295 e. The number of nitrogens with zero attached hydrogens (tertiary/aromatic N) is 2. The lowest BCUT2D eigenvalue weighted by atomic mass is 10.1. The van der Waals surface area contributed by atoms with Crippen LogP contribution >= 0.6 is 11.8 Å². The van der Waals surface area contributed by atoms with Gasteiger partial charge < -0.3 is 10.2 Å². The highest BCUT2D eigenvalue weighted by Gasteiger charge is 2.34. The van der Waals surface area contributed by atoms with Gasteiger partial charge in [0.15, 0.2) is 0 Å². The van der Waals surface area contributed by atoms with E-state index in [9.17, 15) is 9.59 Å². The summed E-state index contributed by atoms with van der Waals surface area (Å²) in [5.41, 5.74) is 4.20. The van der Waals surface area contributed by atoms with Gasteiger partial charge in [0.2, 0.25) is 0 Å². The SMILES string of the molecule is CCc1ccc(NCN2C(=O)S/C(=C/c3ccc(N(CC)CC)cc3)C2=O)cc1. The van der Waals surface area contributed by atoms with Gasteiger partial charge in [0, 0.05) is 24.5 Å². The van der Waals surface area contributed by atoms with Crippen LogP contribution in [0.5, 0.6) is 0 Å². The van der Waals surface area contributed by atoms with Crippen LogP contribution in [0.25, 0.3) is 6.08 Å². The fourth-order valence-corrected chi connectivity index (χ4v) is 4.02. The molecule has 3 rings (SSSR count). The minimum atomic E-state index is -0.259. The molecule has 0 saturated carbocycles. The number of hydrogen-bond donors (Lipinski definition) is 1. The molecule has 1 aliphatic heterocycles. The van der Waals surface area contributed by atoms with Crippen molar-refractivity contribution >= 4 is 40.4 Å². The standard InChI is InChI=1S/C23H27N3O2S/c1-4-17-7-11-19(12-8-17)24-16-26-22(27)21(29-23(26)28)15-18-9-13-20(14-10-18)25(5-2)6-3/h7-15,24H,4-6,16H2,1-3H3/b21-15+. The number of carbonyl (C=O) groups is 2. The predicted molar refractivity (Wildman–Crippen MR) is 122 cm³/mol. The molecule has 0 spiro atoms. The van der Waals surface area contributed by atoms with Crippen molar-refractivity contribution in [3.63, 3.8) is 0 Å². The third kappa shape index (κ3) is 5.01. The molecule has 1 saturated heterocycles. The fourth-order valence-electron chi connectivity index (χ4n) is 3.19. The molecule has 0 bridgehead atoms. The predicted octanol–water partition coefficient (Wildman–Crippen LogP) is 5.20. The molecule has 6 heteroatoms. The van der Waals surface area contributed by atoms with Crippen LogP contribution in [-0.2, 0) is 11.2 Å². The molecule has 0 aromatic heterocycles. The van der Waals surface area contributed by atoms with Crippen molar-refractivity contribution < 1.29 is 9.59 Å². The van der Waals surface area contributed by atoms with E-state index in [1.54, 1.807) is 6.08 Å². The van der Waals surface area contributed by atoms with Crippen molar-refractivity contribution in [1.29, 1.82) is 0 Å². The van der Waals surface area contributed by atoms with Gasteiger partial charge in [-0.15, -0.1) is 0 Å². The van der Waals surface area contributed by atoms with Gasteiger partial charge in [-0.05, 0) is 73.5 Å². The minimum Gasteiger partial charge on any atom is -0.372 e. The minimum absolute atomic E-state index is 0.161. The Morgan fingerprint density at radius 3 is 2.21 bits per heavy atom. The lowest BCUT2D eigenvalue weighted by Gasteiger charge is -2.20. The number of anilines is 2. The average Bonchev–Trinajstić information content (AvgIpc) is 3.01. The number of aryl methyl sites for hydroxylation is 1. The van der Waals surface area contributed by atoms with E-state index in [-0.39, 0.29) is 17.8 Å². The molecule has 0 atom stereocenters. The number of thioether (sulfide) groups is 1. The highest BCUT2D eigenvalue weighted by atomic mass is 32.2. The summed E-state index contributed by atoms with van der Waals surface area (Å²) >= 11 is 0.985. The molecule has 2 amide bonds. The van der Waals surface area contributed by atoms with Crippen LogP contribution in [0.4, 0.5) is 16.2 Å². The lowest BCUT2D eigenvalue weighted by molar-refractivity contribution is -0.122. The Kier molecular flexibility index (Phi) is 6.99. The van der Waals surface area contributed by atoms with Crippen LogP contribution < -0.4 is 10.2 Å². The molecular weight excluding hydrogens is 382 g/mol. The first-order valence-electron chi connectivity index (χ1n) is 9.98. The van der Waals surface area contributed by atoms with E-state index in [0.717, 1.165) is 48.2 Å². The van der Waals surface area contributed by atoms with Crippen LogP contribution in [0.15, 0.2) is 53.4 Å². The van der Waals surface area contributed by atoms with E-state index in [1.165, 1.54) is 10.5 Å². The number of benzene rings is 2. The van der Waals surface area contributed by atoms with Gasteiger partial charge >= 0.3 is 0 Å². The Balaban J connectivity index is 1.66. The summed E-state index contributed by atoms with van der Waals surface area (Å²) in [6.45, 7) is 8.41. The van der Waals surface area contributed by atoms with Crippen molar-refractivity contribution in [3.05, 3.63) is 64.6 Å². The number of rotatable bonds is 8. The Morgan fingerprint density at radius 2 is 1.62 bits per heavy atom. The van der Waals surface area contributed by atoms with E-state index >= 15 is 0 Å². The summed E-state index contributed by atoms with van der Waals surface area (Å²) in [5.74, 6) is -0.259. The van der Waals surface area contributed by atoms with Gasteiger partial charge in [0.25, 0.3) is 11.1 Å². The van der Waals surface area contributed by atoms with E-state index in [2.05, 4.69) is 31.0 Å². The van der Waals surface area contributed by atoms with Gasteiger partial charge in [0.05, 0.1) is 11.6 Å². The Hall–Kier alpha value is -2.73. The second kappa shape index (κ2) is 9.65. The topological polar surface area (TPSA) is 52.7 Å². The van der Waals surface area contributed by atoms with Crippen LogP contribution in [0.1, 0.15) is 31.9 Å². The first kappa shape index (κ1) is 21.0. The van der Waals surface area contributed by atoms with E-state index < -0.39 is 0 Å². The molecule has 29 heavy (non-hydrogen) atoms. The van der Waals surface area contributed by atoms with E-state index in [0.29, 0.717) is 4.91 Å². The second-order valence-corrected chi connectivity index (χ2v) is 7.75. The molecule has 152 valence electrons. The van der Waals surface area contributed by atoms with Gasteiger partial charge in [-0.1, -0.05) is 31.2 Å². The largest absolute Gasteiger partial charge is 0.372 e. The number of nitrogens with one attached hydrogen (secondary N) is 1. The molecule has 1 aliphatic rings.